The summed E-state index contributed by atoms with van der Waals surface area (Å²) in [6, 6.07) is 13.4. The number of aromatic amines is 1. The molecule has 0 aliphatic heterocycles. The number of H-pyrrole nitrogens is 1. The van der Waals surface area contributed by atoms with Gasteiger partial charge in [0, 0.05) is 11.6 Å². The first-order chi connectivity index (χ1) is 16.5. The van der Waals surface area contributed by atoms with Gasteiger partial charge in [-0.05, 0) is 54.3 Å². The van der Waals surface area contributed by atoms with E-state index in [9.17, 15) is 9.59 Å². The van der Waals surface area contributed by atoms with Crippen LogP contribution in [0, 0.1) is 0 Å². The number of benzene rings is 1. The van der Waals surface area contributed by atoms with Crippen molar-refractivity contribution >= 4 is 23.1 Å². The molecule has 0 radical (unpaired) electrons. The Labute approximate surface area is 200 Å². The zero-order valence-corrected chi connectivity index (χ0v) is 19.8. The molecule has 0 fully saturated rings. The Kier molecular flexibility index (Phi) is 6.02. The van der Waals surface area contributed by atoms with Crippen molar-refractivity contribution in [2.75, 3.05) is 11.9 Å². The number of anilines is 1. The molecule has 5 rings (SSSR count). The fraction of sp³-hybridized carbons (Fsp3) is 0.280. The van der Waals surface area contributed by atoms with Crippen LogP contribution in [-0.2, 0) is 17.6 Å². The quantitative estimate of drug-likeness (QED) is 0.415. The summed E-state index contributed by atoms with van der Waals surface area (Å²) in [4.78, 5) is 33.7. The Balaban J connectivity index is 1.39. The molecule has 1 aliphatic carbocycles. The van der Waals surface area contributed by atoms with Crippen LogP contribution in [0.5, 0.6) is 5.75 Å². The molecule has 3 aromatic heterocycles. The number of carbonyl (C=O) groups is 1. The Hall–Kier alpha value is -3.72. The maximum atomic E-state index is 12.7. The molecule has 1 aromatic carbocycles. The van der Waals surface area contributed by atoms with Crippen LogP contribution < -0.4 is 15.6 Å². The van der Waals surface area contributed by atoms with Crippen molar-refractivity contribution in [2.24, 2.45) is 0 Å². The van der Waals surface area contributed by atoms with E-state index in [2.05, 4.69) is 34.2 Å². The summed E-state index contributed by atoms with van der Waals surface area (Å²) in [5.74, 6) is 1.41. The number of hydrogen-bond acceptors (Lipinski definition) is 6. The molecule has 4 aromatic rings. The van der Waals surface area contributed by atoms with E-state index in [-0.39, 0.29) is 24.0 Å². The van der Waals surface area contributed by atoms with E-state index in [0.717, 1.165) is 35.4 Å². The Morgan fingerprint density at radius 2 is 2.06 bits per heavy atom. The van der Waals surface area contributed by atoms with Gasteiger partial charge in [-0.15, -0.1) is 11.3 Å². The van der Waals surface area contributed by atoms with Crippen molar-refractivity contribution in [1.82, 2.24) is 19.7 Å². The first-order valence-corrected chi connectivity index (χ1v) is 12.1. The lowest BCUT2D eigenvalue weighted by Crippen LogP contribution is -2.24. The summed E-state index contributed by atoms with van der Waals surface area (Å²) >= 11 is 1.54. The summed E-state index contributed by atoms with van der Waals surface area (Å²) in [5.41, 5.74) is 3.25. The van der Waals surface area contributed by atoms with Gasteiger partial charge >= 0.3 is 0 Å². The maximum absolute atomic E-state index is 12.7. The van der Waals surface area contributed by atoms with Crippen molar-refractivity contribution in [3.8, 4) is 22.3 Å². The van der Waals surface area contributed by atoms with Crippen LogP contribution in [0.1, 0.15) is 43.0 Å². The Morgan fingerprint density at radius 1 is 1.24 bits per heavy atom. The van der Waals surface area contributed by atoms with Gasteiger partial charge in [0.05, 0.1) is 10.6 Å². The fourth-order valence-corrected chi connectivity index (χ4v) is 4.66. The standard InChI is InChI=1S/C25H25N5O3S/c1-15(2)16-8-10-17(11-9-16)33-14-23(31)27-22-13-20(21-7-4-12-34-21)29-30(22)25-26-19-6-3-5-18(19)24(32)28-25/h4,7-13,15H,3,5-6,14H2,1-2H3,(H,27,31)(H,26,28,32). The highest BCUT2D eigenvalue weighted by Crippen LogP contribution is 2.28. The zero-order chi connectivity index (χ0) is 23.7. The molecular formula is C25H25N5O3S. The third-order valence-electron chi connectivity index (χ3n) is 5.80. The van der Waals surface area contributed by atoms with Crippen LogP contribution in [0.4, 0.5) is 5.82 Å². The molecule has 0 spiro atoms. The van der Waals surface area contributed by atoms with Crippen LogP contribution in [0.2, 0.25) is 0 Å². The number of ether oxygens (including phenoxy) is 1. The van der Waals surface area contributed by atoms with Gasteiger partial charge in [0.15, 0.2) is 6.61 Å². The average molecular weight is 476 g/mol. The molecule has 0 saturated heterocycles. The minimum Gasteiger partial charge on any atom is -0.484 e. The zero-order valence-electron chi connectivity index (χ0n) is 19.0. The number of carbonyl (C=O) groups excluding carboxylic acids is 1. The number of amides is 1. The summed E-state index contributed by atoms with van der Waals surface area (Å²) in [5, 5.41) is 9.44. The van der Waals surface area contributed by atoms with Crippen molar-refractivity contribution in [2.45, 2.75) is 39.0 Å². The largest absolute Gasteiger partial charge is 0.484 e. The first kappa shape index (κ1) is 22.1. The topological polar surface area (TPSA) is 102 Å². The molecule has 174 valence electrons. The van der Waals surface area contributed by atoms with Crippen molar-refractivity contribution in [1.29, 1.82) is 0 Å². The van der Waals surface area contributed by atoms with E-state index in [1.54, 1.807) is 17.4 Å². The van der Waals surface area contributed by atoms with Crippen molar-refractivity contribution in [3.05, 3.63) is 75.0 Å². The van der Waals surface area contributed by atoms with Gasteiger partial charge in [-0.25, -0.2) is 4.98 Å². The van der Waals surface area contributed by atoms with E-state index < -0.39 is 0 Å². The summed E-state index contributed by atoms with van der Waals surface area (Å²) in [6.07, 6.45) is 2.40. The smallest absolute Gasteiger partial charge is 0.263 e. The molecule has 0 atom stereocenters. The second kappa shape index (κ2) is 9.26. The molecule has 1 aliphatic rings. The highest BCUT2D eigenvalue weighted by atomic mass is 32.1. The Morgan fingerprint density at radius 3 is 2.79 bits per heavy atom. The second-order valence-electron chi connectivity index (χ2n) is 8.53. The molecule has 0 unspecified atom stereocenters. The summed E-state index contributed by atoms with van der Waals surface area (Å²) < 4.78 is 7.14. The van der Waals surface area contributed by atoms with Crippen LogP contribution in [-0.4, -0.2) is 32.3 Å². The molecule has 2 N–H and O–H groups in total. The number of fused-ring (bicyclic) bond motifs is 1. The summed E-state index contributed by atoms with van der Waals surface area (Å²) in [6.45, 7) is 4.09. The van der Waals surface area contributed by atoms with Crippen LogP contribution >= 0.6 is 11.3 Å². The normalized spacial score (nSPS) is 12.7. The summed E-state index contributed by atoms with van der Waals surface area (Å²) in [7, 11) is 0. The lowest BCUT2D eigenvalue weighted by Gasteiger charge is -2.11. The average Bonchev–Trinajstić information content (AvgIpc) is 3.58. The van der Waals surface area contributed by atoms with E-state index in [0.29, 0.717) is 23.2 Å². The third-order valence-corrected chi connectivity index (χ3v) is 6.69. The monoisotopic (exact) mass is 475 g/mol. The van der Waals surface area contributed by atoms with Gasteiger partial charge in [-0.1, -0.05) is 32.0 Å². The number of hydrogen-bond donors (Lipinski definition) is 2. The van der Waals surface area contributed by atoms with Crippen molar-refractivity contribution in [3.63, 3.8) is 0 Å². The second-order valence-corrected chi connectivity index (χ2v) is 9.48. The molecular weight excluding hydrogens is 450 g/mol. The Bertz CT molecular complexity index is 1370. The van der Waals surface area contributed by atoms with Gasteiger partial charge in [0.2, 0.25) is 5.95 Å². The van der Waals surface area contributed by atoms with Crippen LogP contribution in [0.3, 0.4) is 0 Å². The highest BCUT2D eigenvalue weighted by Gasteiger charge is 2.21. The van der Waals surface area contributed by atoms with E-state index in [1.807, 2.05) is 41.8 Å². The van der Waals surface area contributed by atoms with E-state index >= 15 is 0 Å². The van der Waals surface area contributed by atoms with Crippen LogP contribution in [0.15, 0.2) is 52.6 Å². The minimum absolute atomic E-state index is 0.156. The SMILES string of the molecule is CC(C)c1ccc(OCC(=O)Nc2cc(-c3cccs3)nn2-c2nc3c(c(=O)[nH]2)CCC3)cc1. The number of nitrogens with zero attached hydrogens (tertiary/aromatic N) is 3. The van der Waals surface area contributed by atoms with E-state index in [4.69, 9.17) is 4.74 Å². The lowest BCUT2D eigenvalue weighted by atomic mass is 10.0. The highest BCUT2D eigenvalue weighted by molar-refractivity contribution is 7.13. The van der Waals surface area contributed by atoms with Gasteiger partial charge in [0.25, 0.3) is 11.5 Å². The molecule has 1 amide bonds. The number of thiophene rings is 1. The van der Waals surface area contributed by atoms with Gasteiger partial charge in [0.1, 0.15) is 17.3 Å². The molecule has 34 heavy (non-hydrogen) atoms. The van der Waals surface area contributed by atoms with Gasteiger partial charge < -0.3 is 10.1 Å². The molecule has 0 bridgehead atoms. The number of nitrogens with one attached hydrogen (secondary N) is 2. The minimum atomic E-state index is -0.338. The number of aryl methyl sites for hydroxylation is 1. The fourth-order valence-electron chi connectivity index (χ4n) is 3.98. The molecule has 8 nitrogen and oxygen atoms in total. The predicted octanol–water partition coefficient (Wildman–Crippen LogP) is 4.31. The molecule has 0 saturated carbocycles. The number of rotatable bonds is 7. The number of aromatic nitrogens is 4. The van der Waals surface area contributed by atoms with Gasteiger partial charge in [-0.3, -0.25) is 14.6 Å². The van der Waals surface area contributed by atoms with Crippen LogP contribution in [0.25, 0.3) is 16.5 Å². The van der Waals surface area contributed by atoms with Crippen molar-refractivity contribution < 1.29 is 9.53 Å². The first-order valence-electron chi connectivity index (χ1n) is 11.3. The predicted molar refractivity (Wildman–Crippen MR) is 132 cm³/mol. The van der Waals surface area contributed by atoms with E-state index in [1.165, 1.54) is 10.2 Å². The maximum Gasteiger partial charge on any atom is 0.263 e. The molecule has 3 heterocycles. The third kappa shape index (κ3) is 4.51. The molecule has 9 heteroatoms. The lowest BCUT2D eigenvalue weighted by molar-refractivity contribution is -0.118. The van der Waals surface area contributed by atoms with Gasteiger partial charge in [-0.2, -0.15) is 9.78 Å².